The van der Waals surface area contributed by atoms with Gasteiger partial charge in [0, 0.05) is 0 Å². The molecule has 4 heavy (non-hydrogen) atoms. The van der Waals surface area contributed by atoms with Crippen LogP contribution in [0.15, 0.2) is 0 Å². The van der Waals surface area contributed by atoms with Crippen LogP contribution < -0.4 is 29.6 Å². The van der Waals surface area contributed by atoms with Crippen molar-refractivity contribution < 1.29 is 57.9 Å². The molecule has 0 bridgehead atoms. The van der Waals surface area contributed by atoms with E-state index in [0.717, 1.165) is 0 Å². The van der Waals surface area contributed by atoms with Crippen molar-refractivity contribution in [2.24, 2.45) is 0 Å². The van der Waals surface area contributed by atoms with Gasteiger partial charge in [-0.25, -0.2) is 0 Å². The maximum Gasteiger partial charge on any atom is 3.00 e. The zero-order valence-electron chi connectivity index (χ0n) is 2.30. The predicted octanol–water partition coefficient (Wildman–Crippen LogP) is -3.35. The second kappa shape index (κ2) is 25.2. The smallest absolute Gasteiger partial charge is 0.870 e. The van der Waals surface area contributed by atoms with Gasteiger partial charge in [0.25, 0.3) is 0 Å². The van der Waals surface area contributed by atoms with E-state index in [-0.39, 0.29) is 57.9 Å². The third-order valence-corrected chi connectivity index (χ3v) is 0. The summed E-state index contributed by atoms with van der Waals surface area (Å²) in [5, 5.41) is 0. The Balaban J connectivity index is 0. The Kier molecular flexibility index (Phi) is 322. The van der Waals surface area contributed by atoms with E-state index in [1.807, 2.05) is 0 Å². The number of rotatable bonds is 0. The Morgan fingerprint density at radius 3 is 0.750 bits per heavy atom. The van der Waals surface area contributed by atoms with Crippen molar-refractivity contribution in [3.8, 4) is 0 Å². The van der Waals surface area contributed by atoms with Gasteiger partial charge in [-0.05, 0) is 0 Å². The van der Waals surface area contributed by atoms with Gasteiger partial charge in [0.15, 0.2) is 0 Å². The first-order chi connectivity index (χ1) is 0. The summed E-state index contributed by atoms with van der Waals surface area (Å²) in [6.07, 6.45) is 0. The van der Waals surface area contributed by atoms with Crippen molar-refractivity contribution in [1.29, 1.82) is 0 Å². The molecule has 0 rings (SSSR count). The van der Waals surface area contributed by atoms with Gasteiger partial charge < -0.3 is 11.0 Å². The maximum absolute atomic E-state index is 0. The molecule has 0 aromatic heterocycles. The van der Waals surface area contributed by atoms with Crippen LogP contribution in [0.4, 0.5) is 0 Å². The molecule has 2 N–H and O–H groups in total. The summed E-state index contributed by atoms with van der Waals surface area (Å²) in [4.78, 5) is 0. The van der Waals surface area contributed by atoms with Crippen molar-refractivity contribution in [3.63, 3.8) is 0 Å². The quantitative estimate of drug-likeness (QED) is 0.305. The zero-order valence-corrected chi connectivity index (χ0v) is 5.58. The topological polar surface area (TPSA) is 60.0 Å². The molecule has 0 aliphatic heterocycles. The average Bonchev–Trinajstić information content (AvgIpc) is 0. The minimum Gasteiger partial charge on any atom is -0.870 e. The van der Waals surface area contributed by atoms with E-state index in [2.05, 4.69) is 0 Å². The van der Waals surface area contributed by atoms with Crippen molar-refractivity contribution in [3.05, 3.63) is 0 Å². The molecule has 0 spiro atoms. The maximum atomic E-state index is 0. The first-order valence-corrected chi connectivity index (χ1v) is 0. The summed E-state index contributed by atoms with van der Waals surface area (Å²) >= 11 is 0. The Bertz CT molecular complexity index is 6.00. The molecule has 0 saturated heterocycles. The van der Waals surface area contributed by atoms with Crippen LogP contribution in [0, 0.1) is 0 Å². The number of hydrogen-bond acceptors (Lipinski definition) is 2. The summed E-state index contributed by atoms with van der Waals surface area (Å²) < 4.78 is 0. The van der Waals surface area contributed by atoms with Crippen LogP contribution >= 0.6 is 0 Å². The first-order valence-electron chi connectivity index (χ1n) is 0. The molecule has 1 radical (unpaired) electrons. The minimum absolute atomic E-state index is 0. The van der Waals surface area contributed by atoms with E-state index in [1.54, 1.807) is 0 Å². The molecule has 0 amide bonds. The summed E-state index contributed by atoms with van der Waals surface area (Å²) in [7, 11) is 0. The van der Waals surface area contributed by atoms with Crippen molar-refractivity contribution in [2.75, 3.05) is 0 Å². The fourth-order valence-corrected chi connectivity index (χ4v) is 0. The molecule has 0 atom stereocenters. The molecule has 19 valence electrons. The van der Waals surface area contributed by atoms with E-state index >= 15 is 0 Å². The van der Waals surface area contributed by atoms with Crippen LogP contribution in [0.2, 0.25) is 0 Å². The summed E-state index contributed by atoms with van der Waals surface area (Å²) in [6, 6.07) is 0. The SMILES string of the molecule is [Cr+3].[Na+].[OH-].[OH-]. The van der Waals surface area contributed by atoms with Crippen LogP contribution in [0.1, 0.15) is 0 Å². The van der Waals surface area contributed by atoms with Gasteiger partial charge in [0.05, 0.1) is 0 Å². The molecule has 0 aliphatic rings. The molecule has 0 aliphatic carbocycles. The van der Waals surface area contributed by atoms with Crippen LogP contribution in [0.3, 0.4) is 0 Å². The van der Waals surface area contributed by atoms with E-state index in [1.165, 1.54) is 0 Å². The molecule has 0 saturated carbocycles. The average molecular weight is 109 g/mol. The molecular weight excluding hydrogens is 107 g/mol. The molecule has 0 heterocycles. The first kappa shape index (κ1) is 51.2. The van der Waals surface area contributed by atoms with Crippen molar-refractivity contribution in [2.45, 2.75) is 0 Å². The van der Waals surface area contributed by atoms with Gasteiger partial charge in [-0.2, -0.15) is 0 Å². The fraction of sp³-hybridized carbons (Fsp3) is 0. The van der Waals surface area contributed by atoms with Crippen LogP contribution in [-0.2, 0) is 17.4 Å². The van der Waals surface area contributed by atoms with Crippen molar-refractivity contribution >= 4 is 0 Å². The normalized spacial score (nSPS) is 0. The third-order valence-electron chi connectivity index (χ3n) is 0. The van der Waals surface area contributed by atoms with E-state index in [4.69, 9.17) is 0 Å². The summed E-state index contributed by atoms with van der Waals surface area (Å²) in [6.45, 7) is 0. The standard InChI is InChI=1S/Cr.Na.2H2O/h;;2*1H2/q+3;+1;;/p-2. The minimum atomic E-state index is 0. The summed E-state index contributed by atoms with van der Waals surface area (Å²) in [5.41, 5.74) is 0. The third kappa shape index (κ3) is 9.84. The monoisotopic (exact) mass is 109 g/mol. The zero-order chi connectivity index (χ0) is 0. The Hall–Kier alpha value is 1.45. The predicted molar refractivity (Wildman–Crippen MR) is 3.87 cm³/mol. The Morgan fingerprint density at radius 2 is 0.750 bits per heavy atom. The van der Waals surface area contributed by atoms with Crippen LogP contribution in [0.25, 0.3) is 0 Å². The van der Waals surface area contributed by atoms with Gasteiger partial charge in [-0.3, -0.25) is 0 Å². The molecular formula is H2CrNaO2+2. The van der Waals surface area contributed by atoms with Crippen LogP contribution in [-0.4, -0.2) is 11.0 Å². The van der Waals surface area contributed by atoms with E-state index < -0.39 is 0 Å². The van der Waals surface area contributed by atoms with Crippen LogP contribution in [0.5, 0.6) is 0 Å². The molecule has 0 aromatic rings. The second-order valence-corrected chi connectivity index (χ2v) is 0. The molecule has 0 unspecified atom stereocenters. The summed E-state index contributed by atoms with van der Waals surface area (Å²) in [5.74, 6) is 0. The van der Waals surface area contributed by atoms with E-state index in [9.17, 15) is 0 Å². The van der Waals surface area contributed by atoms with Gasteiger partial charge in [-0.15, -0.1) is 0 Å². The van der Waals surface area contributed by atoms with Gasteiger partial charge >= 0.3 is 46.9 Å². The van der Waals surface area contributed by atoms with Gasteiger partial charge in [0.1, 0.15) is 0 Å². The fourth-order valence-electron chi connectivity index (χ4n) is 0. The molecule has 4 heteroatoms. The number of hydrogen-bond donors (Lipinski definition) is 0. The molecule has 0 aromatic carbocycles. The van der Waals surface area contributed by atoms with Gasteiger partial charge in [-0.1, -0.05) is 0 Å². The van der Waals surface area contributed by atoms with Crippen molar-refractivity contribution in [1.82, 2.24) is 0 Å². The Morgan fingerprint density at radius 1 is 0.750 bits per heavy atom. The van der Waals surface area contributed by atoms with Gasteiger partial charge in [0.2, 0.25) is 0 Å². The Labute approximate surface area is 57.6 Å². The largest absolute Gasteiger partial charge is 3.00 e. The second-order valence-electron chi connectivity index (χ2n) is 0. The molecule has 0 fully saturated rings. The molecule has 2 nitrogen and oxygen atoms in total. The van der Waals surface area contributed by atoms with E-state index in [0.29, 0.717) is 0 Å².